The number of guanidine groups is 1. The highest BCUT2D eigenvalue weighted by molar-refractivity contribution is 6.08. The van der Waals surface area contributed by atoms with Gasteiger partial charge in [0.15, 0.2) is 11.7 Å². The summed E-state index contributed by atoms with van der Waals surface area (Å²) < 4.78 is 5.67. The topological polar surface area (TPSA) is 387 Å². The van der Waals surface area contributed by atoms with Gasteiger partial charge in [-0.05, 0) is 69.1 Å². The van der Waals surface area contributed by atoms with Crippen molar-refractivity contribution in [1.82, 2.24) is 46.4 Å². The van der Waals surface area contributed by atoms with Crippen LogP contribution >= 0.6 is 0 Å². The average Bonchev–Trinajstić information content (AvgIpc) is 4.21. The minimum absolute atomic E-state index is 0.00289. The Morgan fingerprint density at radius 3 is 2.19 bits per heavy atom. The van der Waals surface area contributed by atoms with Gasteiger partial charge in [-0.1, -0.05) is 56.7 Å². The van der Waals surface area contributed by atoms with Crippen LogP contribution in [0, 0.1) is 11.3 Å². The number of carbonyl (C=O) groups is 9. The Morgan fingerprint density at radius 2 is 1.57 bits per heavy atom. The van der Waals surface area contributed by atoms with Gasteiger partial charge in [0.05, 0.1) is 49.0 Å². The summed E-state index contributed by atoms with van der Waals surface area (Å²) in [6.45, 7) is 5.51. The Morgan fingerprint density at radius 1 is 0.893 bits per heavy atom. The first-order valence-electron chi connectivity index (χ1n) is 24.6. The van der Waals surface area contributed by atoms with Crippen molar-refractivity contribution in [2.45, 2.75) is 115 Å². The molecule has 7 amide bonds. The highest BCUT2D eigenvalue weighted by atomic mass is 16.5. The van der Waals surface area contributed by atoms with E-state index in [-0.39, 0.29) is 86.0 Å². The number of nitrogens with zero attached hydrogens (tertiary/aromatic N) is 3. The minimum Gasteiger partial charge on any atom is -0.494 e. The molecule has 25 heteroatoms. The number of imidazole rings is 1. The molecule has 2 fully saturated rings. The molecule has 2 unspecified atom stereocenters. The third kappa shape index (κ3) is 15.3. The van der Waals surface area contributed by atoms with E-state index < -0.39 is 102 Å². The third-order valence-corrected chi connectivity index (χ3v) is 13.1. The lowest BCUT2D eigenvalue weighted by molar-refractivity contribution is -0.143. The zero-order chi connectivity index (χ0) is 54.9. The van der Waals surface area contributed by atoms with Gasteiger partial charge in [-0.15, -0.1) is 0 Å². The number of amides is 7. The van der Waals surface area contributed by atoms with Gasteiger partial charge >= 0.3 is 11.9 Å². The van der Waals surface area contributed by atoms with Gasteiger partial charge in [0.25, 0.3) is 11.8 Å². The number of carboxylic acids is 2. The first kappa shape index (κ1) is 57.5. The molecule has 3 heterocycles. The van der Waals surface area contributed by atoms with Crippen LogP contribution in [-0.2, 0) is 44.8 Å². The molecule has 0 spiro atoms. The van der Waals surface area contributed by atoms with Gasteiger partial charge in [0.2, 0.25) is 29.5 Å². The molecule has 2 aliphatic rings. The van der Waals surface area contributed by atoms with Crippen LogP contribution in [-0.4, -0.2) is 152 Å². The number of aliphatic carboxylic acids is 2. The van der Waals surface area contributed by atoms with E-state index >= 15 is 0 Å². The fraction of sp³-hybridized carbons (Fsp3) is 0.460. The maximum atomic E-state index is 14.6. The summed E-state index contributed by atoms with van der Waals surface area (Å²) in [7, 11) is 1.27. The van der Waals surface area contributed by atoms with Crippen LogP contribution in [0.1, 0.15) is 93.8 Å². The molecule has 0 aliphatic carbocycles. The van der Waals surface area contributed by atoms with Gasteiger partial charge < -0.3 is 73.1 Å². The molecule has 2 saturated heterocycles. The number of para-hydroxylation sites is 1. The molecule has 25 nitrogen and oxygen atoms in total. The van der Waals surface area contributed by atoms with E-state index in [0.29, 0.717) is 30.5 Å². The fourth-order valence-corrected chi connectivity index (χ4v) is 8.87. The van der Waals surface area contributed by atoms with E-state index in [1.165, 1.54) is 47.6 Å². The summed E-state index contributed by atoms with van der Waals surface area (Å²) in [4.78, 5) is 131. The standard InChI is InChI=1S/C50H67N13O12/c1-5-27(2)39(46(70)61-40(28(3)35-25-54-26-56-35)48(72)63-22-12-19-37(63)45(69)59-34(49(73)74)23-29-13-7-6-8-14-29)60-42(66)30-15-9-16-32(41(30)75-4)57-44(68)36-18-11-21-62(36)47(71)33(17-10-20-55-50(52)53)58-43(67)31(51)24-38(64)65/h6-9,13-16,25-27,31,33-34,36-37,39H,5,10-12,17-24,51H2,1-4H3,(H,54,56)(H,57,68)(H,58,67)(H,59,69)(H,60,66)(H,61,70)(H,64,65)(H,73,74)(H4,52,53,55)/b40-28+/t27?,31-,33-,34?,36-,37-,39-/m0/s1. The number of carbonyl (C=O) groups excluding carboxylic acids is 7. The fourth-order valence-electron chi connectivity index (χ4n) is 8.87. The SMILES string of the molecule is CCC(C)[C@H](NC(=O)c1cccc(NC(=O)[C@@H]2CCCN2C(=O)[C@H](CCCNC(=N)N)NC(=O)[C@@H](N)CC(=O)O)c1OC)C(=O)N/C(C(=O)N1CCC[C@H]1C(=O)NC(Cc1ccccc1)C(=O)O)=C(\C)c1cnc[nH]1. The van der Waals surface area contributed by atoms with Crippen LogP contribution in [0.3, 0.4) is 0 Å². The van der Waals surface area contributed by atoms with Gasteiger partial charge in [-0.25, -0.2) is 9.78 Å². The molecular weight excluding hydrogens is 975 g/mol. The van der Waals surface area contributed by atoms with Crippen LogP contribution in [0.2, 0.25) is 0 Å². The first-order chi connectivity index (χ1) is 35.7. The smallest absolute Gasteiger partial charge is 0.326 e. The summed E-state index contributed by atoms with van der Waals surface area (Å²) in [6.07, 6.45) is 4.04. The number of likely N-dealkylation sites (tertiary alicyclic amines) is 2. The van der Waals surface area contributed by atoms with Crippen LogP contribution in [0.5, 0.6) is 5.75 Å². The number of ether oxygens (including phenoxy) is 1. The summed E-state index contributed by atoms with van der Waals surface area (Å²) in [5.41, 5.74) is 12.2. The van der Waals surface area contributed by atoms with Gasteiger partial charge in [-0.2, -0.15) is 0 Å². The predicted molar refractivity (Wildman–Crippen MR) is 272 cm³/mol. The maximum absolute atomic E-state index is 14.6. The number of aromatic nitrogens is 2. The molecule has 3 aromatic rings. The number of nitrogens with two attached hydrogens (primary N) is 2. The molecule has 75 heavy (non-hydrogen) atoms. The quantitative estimate of drug-likeness (QED) is 0.0236. The summed E-state index contributed by atoms with van der Waals surface area (Å²) in [5, 5.41) is 42.6. The number of nitrogens with one attached hydrogen (secondary N) is 8. The number of H-pyrrole nitrogens is 1. The largest absolute Gasteiger partial charge is 0.494 e. The molecular formula is C50H67N13O12. The monoisotopic (exact) mass is 1040 g/mol. The van der Waals surface area contributed by atoms with E-state index in [2.05, 4.69) is 41.9 Å². The van der Waals surface area contributed by atoms with E-state index in [4.69, 9.17) is 26.7 Å². The highest BCUT2D eigenvalue weighted by Gasteiger charge is 2.41. The van der Waals surface area contributed by atoms with Crippen molar-refractivity contribution in [2.75, 3.05) is 32.1 Å². The molecule has 0 saturated carbocycles. The van der Waals surface area contributed by atoms with Crippen molar-refractivity contribution < 1.29 is 58.1 Å². The summed E-state index contributed by atoms with van der Waals surface area (Å²) >= 11 is 0. The zero-order valence-corrected chi connectivity index (χ0v) is 42.3. The number of benzene rings is 2. The van der Waals surface area contributed by atoms with Gasteiger partial charge in [-0.3, -0.25) is 43.8 Å². The van der Waals surface area contributed by atoms with Gasteiger partial charge in [0.1, 0.15) is 35.9 Å². The summed E-state index contributed by atoms with van der Waals surface area (Å²) in [6, 6.07) is 5.75. The Hall–Kier alpha value is -8.35. The lowest BCUT2D eigenvalue weighted by atomic mass is 9.97. The van der Waals surface area contributed by atoms with Crippen molar-refractivity contribution >= 4 is 70.5 Å². The Labute approximate surface area is 432 Å². The van der Waals surface area contributed by atoms with E-state index in [9.17, 15) is 48.3 Å². The van der Waals surface area contributed by atoms with Crippen LogP contribution in [0.25, 0.3) is 5.57 Å². The molecule has 14 N–H and O–H groups in total. The number of allylic oxidation sites excluding steroid dienone is 1. The molecule has 2 aromatic carbocycles. The van der Waals surface area contributed by atoms with Crippen molar-refractivity contribution in [2.24, 2.45) is 17.4 Å². The van der Waals surface area contributed by atoms with Crippen molar-refractivity contribution in [3.05, 3.63) is 83.6 Å². The number of anilines is 1. The molecule has 5 rings (SSSR count). The van der Waals surface area contributed by atoms with Crippen LogP contribution in [0.15, 0.2) is 66.8 Å². The minimum atomic E-state index is -1.46. The highest BCUT2D eigenvalue weighted by Crippen LogP contribution is 2.31. The lowest BCUT2D eigenvalue weighted by Gasteiger charge is -2.29. The van der Waals surface area contributed by atoms with Crippen LogP contribution in [0.4, 0.5) is 5.69 Å². The van der Waals surface area contributed by atoms with Crippen molar-refractivity contribution in [3.8, 4) is 5.75 Å². The number of hydrogen-bond acceptors (Lipinski definition) is 13. The first-order valence-corrected chi connectivity index (χ1v) is 24.6. The maximum Gasteiger partial charge on any atom is 0.326 e. The average molecular weight is 1040 g/mol. The third-order valence-electron chi connectivity index (χ3n) is 13.1. The normalized spacial score (nSPS) is 17.5. The Balaban J connectivity index is 1.34. The Kier molecular flexibility index (Phi) is 20.8. The molecule has 0 bridgehead atoms. The lowest BCUT2D eigenvalue weighted by Crippen LogP contribution is -2.55. The molecule has 404 valence electrons. The van der Waals surface area contributed by atoms with E-state index in [1.807, 2.05) is 0 Å². The second-order valence-corrected chi connectivity index (χ2v) is 18.4. The number of rotatable bonds is 25. The number of carboxylic acid groups (broad SMARTS) is 2. The predicted octanol–water partition coefficient (Wildman–Crippen LogP) is 0.393. The van der Waals surface area contributed by atoms with Crippen molar-refractivity contribution in [1.29, 1.82) is 5.41 Å². The van der Waals surface area contributed by atoms with Crippen LogP contribution < -0.4 is 48.1 Å². The van der Waals surface area contributed by atoms with Crippen molar-refractivity contribution in [3.63, 3.8) is 0 Å². The molecule has 0 radical (unpaired) electrons. The molecule has 2 aliphatic heterocycles. The second kappa shape index (κ2) is 27.1. The summed E-state index contributed by atoms with van der Waals surface area (Å²) in [5.74, 6) is -8.65. The number of hydrogen-bond donors (Lipinski definition) is 12. The molecule has 1 aromatic heterocycles. The number of aromatic amines is 1. The Bertz CT molecular complexity index is 2610. The zero-order valence-electron chi connectivity index (χ0n) is 42.3. The second-order valence-electron chi connectivity index (χ2n) is 18.4. The van der Waals surface area contributed by atoms with E-state index in [1.54, 1.807) is 51.1 Å². The number of methoxy groups -OCH3 is 1. The van der Waals surface area contributed by atoms with E-state index in [0.717, 1.165) is 0 Å². The molecule has 7 atom stereocenters. The van der Waals surface area contributed by atoms with Gasteiger partial charge in [0, 0.05) is 31.6 Å².